The summed E-state index contributed by atoms with van der Waals surface area (Å²) in [4.78, 5) is 18.1. The Morgan fingerprint density at radius 1 is 1.08 bits per heavy atom. The first-order valence-electron chi connectivity index (χ1n) is 10.1. The van der Waals surface area contributed by atoms with Crippen molar-refractivity contribution >= 4 is 28.4 Å². The molecule has 4 saturated carbocycles. The minimum atomic E-state index is 0.0174. The van der Waals surface area contributed by atoms with Gasteiger partial charge in [-0.2, -0.15) is 0 Å². The van der Waals surface area contributed by atoms with Gasteiger partial charge in [-0.3, -0.25) is 4.79 Å². The Kier molecular flexibility index (Phi) is 3.93. The average molecular weight is 366 g/mol. The highest BCUT2D eigenvalue weighted by atomic mass is 32.2. The fraction of sp³-hybridized carbons (Fsp3) is 0.565. The zero-order valence-electron chi connectivity index (χ0n) is 15.8. The third kappa shape index (κ3) is 2.70. The fourth-order valence-corrected chi connectivity index (χ4v) is 7.35. The number of carbonyl (C=O) groups excluding carboxylic acids is 1. The lowest BCUT2D eigenvalue weighted by Crippen LogP contribution is -2.50. The van der Waals surface area contributed by atoms with E-state index in [9.17, 15) is 4.79 Å². The normalized spacial score (nSPS) is 32.3. The highest BCUT2D eigenvalue weighted by Gasteiger charge is 2.54. The lowest BCUT2D eigenvalue weighted by molar-refractivity contribution is -0.141. The number of pyridine rings is 1. The van der Waals surface area contributed by atoms with E-state index in [1.807, 2.05) is 0 Å². The SMILES string of the molecule is Cc1cc(SCC(=O)C23CC4CC(CC(C4)C2)C3)nc2c(C)cccc12. The summed E-state index contributed by atoms with van der Waals surface area (Å²) in [5.41, 5.74) is 3.56. The minimum Gasteiger partial charge on any atom is -0.298 e. The van der Waals surface area contributed by atoms with E-state index in [1.54, 1.807) is 11.8 Å². The Morgan fingerprint density at radius 2 is 1.73 bits per heavy atom. The zero-order chi connectivity index (χ0) is 17.9. The van der Waals surface area contributed by atoms with Crippen LogP contribution in [0.5, 0.6) is 0 Å². The average Bonchev–Trinajstić information content (AvgIpc) is 2.59. The van der Waals surface area contributed by atoms with Gasteiger partial charge in [0.15, 0.2) is 0 Å². The summed E-state index contributed by atoms with van der Waals surface area (Å²) in [6.45, 7) is 4.26. The number of carbonyl (C=O) groups is 1. The van der Waals surface area contributed by atoms with Gasteiger partial charge in [-0.25, -0.2) is 4.98 Å². The number of nitrogens with zero attached hydrogens (tertiary/aromatic N) is 1. The third-order valence-corrected chi connectivity index (χ3v) is 8.12. The van der Waals surface area contributed by atoms with Crippen LogP contribution in [0.4, 0.5) is 0 Å². The number of hydrogen-bond acceptors (Lipinski definition) is 3. The zero-order valence-corrected chi connectivity index (χ0v) is 16.6. The molecule has 4 aliphatic carbocycles. The van der Waals surface area contributed by atoms with Gasteiger partial charge in [-0.15, -0.1) is 0 Å². The van der Waals surface area contributed by atoms with Crippen molar-refractivity contribution < 1.29 is 4.79 Å². The number of benzene rings is 1. The molecule has 2 nitrogen and oxygen atoms in total. The van der Waals surface area contributed by atoms with Gasteiger partial charge in [-0.05, 0) is 87.3 Å². The summed E-state index contributed by atoms with van der Waals surface area (Å²) < 4.78 is 0. The molecule has 0 saturated heterocycles. The Morgan fingerprint density at radius 3 is 2.38 bits per heavy atom. The Bertz CT molecular complexity index is 852. The van der Waals surface area contributed by atoms with E-state index >= 15 is 0 Å². The molecule has 0 radical (unpaired) electrons. The van der Waals surface area contributed by atoms with Crippen molar-refractivity contribution in [3.8, 4) is 0 Å². The van der Waals surface area contributed by atoms with Crippen molar-refractivity contribution in [2.45, 2.75) is 57.4 Å². The predicted molar refractivity (Wildman–Crippen MR) is 108 cm³/mol. The number of aromatic nitrogens is 1. The van der Waals surface area contributed by atoms with Crippen LogP contribution in [0.25, 0.3) is 10.9 Å². The number of Topliss-reactive ketones (excluding diaryl/α,β-unsaturated/α-hetero) is 1. The summed E-state index contributed by atoms with van der Waals surface area (Å²) >= 11 is 1.65. The number of thioether (sulfide) groups is 1. The van der Waals surface area contributed by atoms with Crippen LogP contribution >= 0.6 is 11.8 Å². The van der Waals surface area contributed by atoms with Crippen LogP contribution in [-0.2, 0) is 4.79 Å². The molecule has 1 aromatic carbocycles. The number of aryl methyl sites for hydroxylation is 2. The van der Waals surface area contributed by atoms with Crippen molar-refractivity contribution in [3.05, 3.63) is 35.4 Å². The van der Waals surface area contributed by atoms with Crippen LogP contribution in [0.2, 0.25) is 0 Å². The van der Waals surface area contributed by atoms with E-state index in [2.05, 4.69) is 38.1 Å². The molecule has 1 heterocycles. The number of hydrogen-bond donors (Lipinski definition) is 0. The maximum absolute atomic E-state index is 13.2. The van der Waals surface area contributed by atoms with Gasteiger partial charge < -0.3 is 0 Å². The van der Waals surface area contributed by atoms with Gasteiger partial charge in [0, 0.05) is 10.8 Å². The molecule has 4 aliphatic rings. The summed E-state index contributed by atoms with van der Waals surface area (Å²) in [5.74, 6) is 3.60. The van der Waals surface area contributed by atoms with Crippen molar-refractivity contribution in [3.63, 3.8) is 0 Å². The smallest absolute Gasteiger partial charge is 0.149 e. The molecule has 0 spiro atoms. The van der Waals surface area contributed by atoms with Crippen LogP contribution in [0.1, 0.15) is 49.7 Å². The highest BCUT2D eigenvalue weighted by molar-refractivity contribution is 7.99. The molecular weight excluding hydrogens is 338 g/mol. The fourth-order valence-electron chi connectivity index (χ4n) is 6.35. The Hall–Kier alpha value is -1.35. The van der Waals surface area contributed by atoms with Crippen molar-refractivity contribution in [1.82, 2.24) is 4.98 Å². The summed E-state index contributed by atoms with van der Waals surface area (Å²) in [5, 5.41) is 2.23. The topological polar surface area (TPSA) is 30.0 Å². The van der Waals surface area contributed by atoms with Crippen LogP contribution < -0.4 is 0 Å². The van der Waals surface area contributed by atoms with Gasteiger partial charge in [-0.1, -0.05) is 30.0 Å². The number of fused-ring (bicyclic) bond motifs is 1. The highest BCUT2D eigenvalue weighted by Crippen LogP contribution is 2.60. The van der Waals surface area contributed by atoms with Crippen molar-refractivity contribution in [1.29, 1.82) is 0 Å². The summed E-state index contributed by atoms with van der Waals surface area (Å²) in [6.07, 6.45) is 7.68. The molecule has 26 heavy (non-hydrogen) atoms. The molecule has 0 aliphatic heterocycles. The minimum absolute atomic E-state index is 0.0174. The standard InChI is InChI=1S/C23H27NOS/c1-14-4-3-5-19-15(2)6-21(24-22(14)19)26-13-20(25)23-10-16-7-17(11-23)9-18(8-16)12-23/h3-6,16-18H,7-13H2,1-2H3. The van der Waals surface area contributed by atoms with Gasteiger partial charge in [0.2, 0.25) is 0 Å². The number of rotatable bonds is 4. The molecule has 4 fully saturated rings. The molecule has 3 heteroatoms. The Labute approximate surface area is 160 Å². The molecular formula is C23H27NOS. The number of ketones is 1. The molecule has 136 valence electrons. The van der Waals surface area contributed by atoms with Gasteiger partial charge >= 0.3 is 0 Å². The first-order chi connectivity index (χ1) is 12.5. The maximum atomic E-state index is 13.2. The largest absolute Gasteiger partial charge is 0.298 e. The molecule has 2 aromatic rings. The molecule has 0 amide bonds. The van der Waals surface area contributed by atoms with Crippen LogP contribution in [0, 0.1) is 37.0 Å². The first-order valence-corrected chi connectivity index (χ1v) is 11.0. The quantitative estimate of drug-likeness (QED) is 0.648. The Balaban J connectivity index is 1.36. The number of para-hydroxylation sites is 1. The molecule has 4 bridgehead atoms. The monoisotopic (exact) mass is 365 g/mol. The van der Waals surface area contributed by atoms with Gasteiger partial charge in [0.1, 0.15) is 5.78 Å². The summed E-state index contributed by atoms with van der Waals surface area (Å²) in [7, 11) is 0. The van der Waals surface area contributed by atoms with Crippen molar-refractivity contribution in [2.24, 2.45) is 23.2 Å². The lowest BCUT2D eigenvalue weighted by atomic mass is 9.48. The van der Waals surface area contributed by atoms with Gasteiger partial charge in [0.25, 0.3) is 0 Å². The molecule has 1 aromatic heterocycles. The second-order valence-electron chi connectivity index (χ2n) is 9.16. The van der Waals surface area contributed by atoms with Crippen LogP contribution in [0.3, 0.4) is 0 Å². The van der Waals surface area contributed by atoms with E-state index in [0.717, 1.165) is 28.3 Å². The summed E-state index contributed by atoms with van der Waals surface area (Å²) in [6, 6.07) is 8.50. The van der Waals surface area contributed by atoms with Crippen LogP contribution in [0.15, 0.2) is 29.3 Å². The van der Waals surface area contributed by atoms with E-state index in [-0.39, 0.29) is 5.41 Å². The third-order valence-electron chi connectivity index (χ3n) is 7.21. The lowest BCUT2D eigenvalue weighted by Gasteiger charge is -2.56. The molecule has 0 atom stereocenters. The second kappa shape index (κ2) is 6.09. The van der Waals surface area contributed by atoms with E-state index < -0.39 is 0 Å². The molecule has 0 unspecified atom stereocenters. The van der Waals surface area contributed by atoms with Crippen LogP contribution in [-0.4, -0.2) is 16.5 Å². The van der Waals surface area contributed by atoms with E-state index in [0.29, 0.717) is 11.5 Å². The van der Waals surface area contributed by atoms with E-state index in [1.165, 1.54) is 55.0 Å². The second-order valence-corrected chi connectivity index (χ2v) is 10.2. The predicted octanol–water partition coefficient (Wildman–Crippen LogP) is 5.73. The van der Waals surface area contributed by atoms with E-state index in [4.69, 9.17) is 4.98 Å². The molecule has 6 rings (SSSR count). The molecule has 0 N–H and O–H groups in total. The van der Waals surface area contributed by atoms with Crippen molar-refractivity contribution in [2.75, 3.05) is 5.75 Å². The van der Waals surface area contributed by atoms with Gasteiger partial charge in [0.05, 0.1) is 16.3 Å². The maximum Gasteiger partial charge on any atom is 0.149 e. The first kappa shape index (κ1) is 16.8.